The number of nitrogens with zero attached hydrogens (tertiary/aromatic N) is 2. The van der Waals surface area contributed by atoms with Gasteiger partial charge in [0, 0.05) is 10.7 Å². The fourth-order valence-corrected chi connectivity index (χ4v) is 3.58. The van der Waals surface area contributed by atoms with E-state index in [-0.39, 0.29) is 6.54 Å². The molecule has 1 heterocycles. The fraction of sp³-hybridized carbons (Fsp3) is 0.118. The zero-order chi connectivity index (χ0) is 16.9. The van der Waals surface area contributed by atoms with E-state index in [0.717, 1.165) is 10.0 Å². The molecule has 4 nitrogen and oxygen atoms in total. The molecule has 0 aliphatic carbocycles. The van der Waals surface area contributed by atoms with Crippen LogP contribution in [-0.2, 0) is 10.0 Å². The molecule has 1 aromatic carbocycles. The molecule has 1 aromatic heterocycles. The van der Waals surface area contributed by atoms with Gasteiger partial charge in [0.25, 0.3) is 10.0 Å². The Morgan fingerprint density at radius 1 is 1.30 bits per heavy atom. The molecule has 0 aliphatic heterocycles. The van der Waals surface area contributed by atoms with Gasteiger partial charge >= 0.3 is 0 Å². The second-order valence-corrected chi connectivity index (χ2v) is 7.49. The quantitative estimate of drug-likeness (QED) is 0.693. The van der Waals surface area contributed by atoms with Gasteiger partial charge in [-0.3, -0.25) is 9.29 Å². The summed E-state index contributed by atoms with van der Waals surface area (Å²) in [4.78, 5) is 4.20. The summed E-state index contributed by atoms with van der Waals surface area (Å²) in [5, 5.41) is 1.20. The van der Waals surface area contributed by atoms with Gasteiger partial charge in [-0.15, -0.1) is 6.58 Å². The lowest BCUT2D eigenvalue weighted by Crippen LogP contribution is -2.30. The molecule has 0 radical (unpaired) electrons. The van der Waals surface area contributed by atoms with Crippen molar-refractivity contribution in [2.24, 2.45) is 0 Å². The number of aromatic nitrogens is 1. The molecule has 0 N–H and O–H groups in total. The van der Waals surface area contributed by atoms with E-state index in [1.807, 2.05) is 30.3 Å². The molecule has 2 rings (SSSR count). The van der Waals surface area contributed by atoms with Crippen LogP contribution in [0.5, 0.6) is 0 Å². The Morgan fingerprint density at radius 3 is 2.65 bits per heavy atom. The number of rotatable bonds is 6. The molecule has 0 atom stereocenters. The van der Waals surface area contributed by atoms with E-state index in [1.54, 1.807) is 31.3 Å². The lowest BCUT2D eigenvalue weighted by Gasteiger charge is -2.22. The van der Waals surface area contributed by atoms with Crippen molar-refractivity contribution < 1.29 is 8.42 Å². The molecule has 0 saturated carbocycles. The summed E-state index contributed by atoms with van der Waals surface area (Å²) >= 11 is 3.33. The van der Waals surface area contributed by atoms with Crippen molar-refractivity contribution in [1.29, 1.82) is 0 Å². The molecule has 0 aliphatic rings. The minimum atomic E-state index is -3.65. The maximum absolute atomic E-state index is 12.7. The third-order valence-corrected chi connectivity index (χ3v) is 5.00. The second kappa shape index (κ2) is 7.57. The van der Waals surface area contributed by atoms with Crippen LogP contribution in [0.3, 0.4) is 0 Å². The Bertz CT molecular complexity index is 818. The third-order valence-electron chi connectivity index (χ3n) is 3.13. The van der Waals surface area contributed by atoms with Crippen LogP contribution in [-0.4, -0.2) is 19.9 Å². The Kier molecular flexibility index (Phi) is 5.74. The van der Waals surface area contributed by atoms with Gasteiger partial charge in [0.15, 0.2) is 0 Å². The standard InChI is InChI=1S/C17H17BrN2O2S/c1-3-10-20(17-12-16(18)13-19-14(17)2)23(21,22)11-9-15-7-5-4-6-8-15/h3-9,11-13H,1,10H2,2H3. The number of hydrogen-bond acceptors (Lipinski definition) is 3. The van der Waals surface area contributed by atoms with Crippen LogP contribution in [0.25, 0.3) is 6.08 Å². The lowest BCUT2D eigenvalue weighted by molar-refractivity contribution is 0.601. The number of hydrogen-bond donors (Lipinski definition) is 0. The smallest absolute Gasteiger partial charge is 0.257 e. The first kappa shape index (κ1) is 17.4. The van der Waals surface area contributed by atoms with Crippen molar-refractivity contribution >= 4 is 37.7 Å². The van der Waals surface area contributed by atoms with Crippen LogP contribution < -0.4 is 4.31 Å². The number of aryl methyl sites for hydroxylation is 1. The molecule has 0 unspecified atom stereocenters. The second-order valence-electron chi connectivity index (χ2n) is 4.84. The van der Waals surface area contributed by atoms with Gasteiger partial charge in [0.1, 0.15) is 0 Å². The highest BCUT2D eigenvalue weighted by molar-refractivity contribution is 9.10. The molecule has 0 saturated heterocycles. The monoisotopic (exact) mass is 392 g/mol. The maximum atomic E-state index is 12.7. The average Bonchev–Trinajstić information content (AvgIpc) is 2.54. The topological polar surface area (TPSA) is 50.3 Å². The molecule has 0 fully saturated rings. The minimum absolute atomic E-state index is 0.167. The van der Waals surface area contributed by atoms with Crippen molar-refractivity contribution in [3.05, 3.63) is 76.4 Å². The molecular formula is C17H17BrN2O2S. The molecule has 23 heavy (non-hydrogen) atoms. The number of halogens is 1. The molecule has 6 heteroatoms. The highest BCUT2D eigenvalue weighted by Crippen LogP contribution is 2.26. The summed E-state index contributed by atoms with van der Waals surface area (Å²) in [5.41, 5.74) is 1.97. The Balaban J connectivity index is 2.41. The van der Waals surface area contributed by atoms with E-state index < -0.39 is 10.0 Å². The minimum Gasteiger partial charge on any atom is -0.261 e. The first-order valence-corrected chi connectivity index (χ1v) is 9.22. The van der Waals surface area contributed by atoms with Crippen LogP contribution in [0.1, 0.15) is 11.3 Å². The normalized spacial score (nSPS) is 11.6. The number of pyridine rings is 1. The third kappa shape index (κ3) is 4.53. The van der Waals surface area contributed by atoms with Crippen molar-refractivity contribution in [2.45, 2.75) is 6.92 Å². The summed E-state index contributed by atoms with van der Waals surface area (Å²) in [5.74, 6) is 0. The molecule has 0 amide bonds. The van der Waals surface area contributed by atoms with Crippen LogP contribution in [0.2, 0.25) is 0 Å². The van der Waals surface area contributed by atoms with Crippen LogP contribution >= 0.6 is 15.9 Å². The summed E-state index contributed by atoms with van der Waals surface area (Å²) in [6, 6.07) is 11.0. The van der Waals surface area contributed by atoms with Gasteiger partial charge in [-0.05, 0) is 40.6 Å². The van der Waals surface area contributed by atoms with E-state index in [4.69, 9.17) is 0 Å². The predicted molar refractivity (Wildman–Crippen MR) is 98.6 cm³/mol. The van der Waals surface area contributed by atoms with Gasteiger partial charge < -0.3 is 0 Å². The highest BCUT2D eigenvalue weighted by atomic mass is 79.9. The van der Waals surface area contributed by atoms with E-state index >= 15 is 0 Å². The van der Waals surface area contributed by atoms with E-state index in [1.165, 1.54) is 9.71 Å². The molecule has 2 aromatic rings. The van der Waals surface area contributed by atoms with Crippen LogP contribution in [0, 0.1) is 6.92 Å². The van der Waals surface area contributed by atoms with Crippen LogP contribution in [0.4, 0.5) is 5.69 Å². The first-order chi connectivity index (χ1) is 10.9. The number of anilines is 1. The van der Waals surface area contributed by atoms with Gasteiger partial charge in [-0.1, -0.05) is 36.4 Å². The van der Waals surface area contributed by atoms with Crippen molar-refractivity contribution in [1.82, 2.24) is 4.98 Å². The number of sulfonamides is 1. The van der Waals surface area contributed by atoms with Gasteiger partial charge in [-0.2, -0.15) is 0 Å². The highest BCUT2D eigenvalue weighted by Gasteiger charge is 2.21. The van der Waals surface area contributed by atoms with Gasteiger partial charge in [0.2, 0.25) is 0 Å². The van der Waals surface area contributed by atoms with E-state index in [9.17, 15) is 8.42 Å². The summed E-state index contributed by atoms with van der Waals surface area (Å²) in [6.07, 6.45) is 4.76. The molecule has 120 valence electrons. The largest absolute Gasteiger partial charge is 0.261 e. The fourth-order valence-electron chi connectivity index (χ4n) is 2.01. The molecule has 0 bridgehead atoms. The van der Waals surface area contributed by atoms with Crippen molar-refractivity contribution in [3.8, 4) is 0 Å². The summed E-state index contributed by atoms with van der Waals surface area (Å²) in [6.45, 7) is 5.59. The summed E-state index contributed by atoms with van der Waals surface area (Å²) < 4.78 is 27.4. The average molecular weight is 393 g/mol. The maximum Gasteiger partial charge on any atom is 0.257 e. The Labute approximate surface area is 145 Å². The first-order valence-electron chi connectivity index (χ1n) is 6.93. The van der Waals surface area contributed by atoms with Crippen molar-refractivity contribution in [2.75, 3.05) is 10.8 Å². The summed E-state index contributed by atoms with van der Waals surface area (Å²) in [7, 11) is -3.65. The zero-order valence-corrected chi connectivity index (χ0v) is 15.1. The van der Waals surface area contributed by atoms with Crippen LogP contribution in [0.15, 0.2) is 65.1 Å². The molecular weight excluding hydrogens is 376 g/mol. The molecule has 0 spiro atoms. The Hall–Kier alpha value is -1.92. The van der Waals surface area contributed by atoms with E-state index in [2.05, 4.69) is 27.5 Å². The zero-order valence-electron chi connectivity index (χ0n) is 12.7. The van der Waals surface area contributed by atoms with Gasteiger partial charge in [-0.25, -0.2) is 8.42 Å². The van der Waals surface area contributed by atoms with E-state index in [0.29, 0.717) is 11.4 Å². The Morgan fingerprint density at radius 2 is 2.00 bits per heavy atom. The lowest BCUT2D eigenvalue weighted by atomic mass is 10.2. The predicted octanol–water partition coefficient (Wildman–Crippen LogP) is 4.15. The number of benzene rings is 1. The SMILES string of the molecule is C=CCN(c1cc(Br)cnc1C)S(=O)(=O)C=Cc1ccccc1. The van der Waals surface area contributed by atoms with Crippen molar-refractivity contribution in [3.63, 3.8) is 0 Å². The van der Waals surface area contributed by atoms with Gasteiger partial charge in [0.05, 0.1) is 23.3 Å².